The van der Waals surface area contributed by atoms with Gasteiger partial charge in [0, 0.05) is 36.4 Å². The van der Waals surface area contributed by atoms with Crippen molar-refractivity contribution in [2.24, 2.45) is 5.73 Å². The van der Waals surface area contributed by atoms with Crippen LogP contribution in [0.1, 0.15) is 22.3 Å². The molecule has 8 heteroatoms. The van der Waals surface area contributed by atoms with Gasteiger partial charge in [0.05, 0.1) is 0 Å². The maximum atomic E-state index is 12.2. The van der Waals surface area contributed by atoms with E-state index < -0.39 is 0 Å². The van der Waals surface area contributed by atoms with E-state index in [-0.39, 0.29) is 36.6 Å². The number of carbonyl (C=O) groups excluding carboxylic acids is 2. The molecule has 0 aliphatic carbocycles. The summed E-state index contributed by atoms with van der Waals surface area (Å²) in [7, 11) is 3.85. The minimum atomic E-state index is -0.189. The first-order chi connectivity index (χ1) is 12.0. The molecule has 0 bridgehead atoms. The summed E-state index contributed by atoms with van der Waals surface area (Å²) in [5, 5.41) is 5.66. The fourth-order valence-electron chi connectivity index (χ4n) is 2.18. The predicted octanol–water partition coefficient (Wildman–Crippen LogP) is 3.13. The Morgan fingerprint density at radius 1 is 0.889 bits per heavy atom. The molecule has 2 aromatic carbocycles. The Morgan fingerprint density at radius 3 is 1.89 bits per heavy atom. The van der Waals surface area contributed by atoms with Crippen molar-refractivity contribution in [1.29, 1.82) is 0 Å². The second-order valence-electron chi connectivity index (χ2n) is 6.03. The van der Waals surface area contributed by atoms with Crippen LogP contribution in [-0.2, 0) is 11.3 Å². The molecule has 148 valence electrons. The second kappa shape index (κ2) is 12.3. The average molecular weight is 413 g/mol. The topological polar surface area (TPSA) is 87.5 Å². The molecule has 2 aromatic rings. The fourth-order valence-corrected chi connectivity index (χ4v) is 2.18. The summed E-state index contributed by atoms with van der Waals surface area (Å²) in [4.78, 5) is 26.0. The second-order valence-corrected chi connectivity index (χ2v) is 6.03. The highest BCUT2D eigenvalue weighted by molar-refractivity contribution is 6.04. The first kappa shape index (κ1) is 24.9. The number of anilines is 2. The van der Waals surface area contributed by atoms with Gasteiger partial charge in [-0.15, -0.1) is 24.8 Å². The normalized spacial score (nSPS) is 9.78. The molecule has 0 aromatic heterocycles. The standard InChI is InChI=1S/C19H24N4O2.2ClH/c1-23(2)12-11-18(24)21-16-7-9-17(10-8-16)22-19(25)15-5-3-14(13-20)4-6-15;;/h3-10H,11-13,20H2,1-2H3,(H,21,24)(H,22,25);2*1H. The lowest BCUT2D eigenvalue weighted by atomic mass is 10.1. The molecule has 27 heavy (non-hydrogen) atoms. The maximum absolute atomic E-state index is 12.2. The van der Waals surface area contributed by atoms with Crippen LogP contribution in [0, 0.1) is 0 Å². The highest BCUT2D eigenvalue weighted by atomic mass is 35.5. The van der Waals surface area contributed by atoms with E-state index in [1.165, 1.54) is 0 Å². The molecule has 0 atom stereocenters. The number of nitrogens with two attached hydrogens (primary N) is 1. The van der Waals surface area contributed by atoms with E-state index in [1.54, 1.807) is 36.4 Å². The van der Waals surface area contributed by atoms with Gasteiger partial charge in [0.1, 0.15) is 0 Å². The lowest BCUT2D eigenvalue weighted by Gasteiger charge is -2.10. The van der Waals surface area contributed by atoms with Gasteiger partial charge in [-0.25, -0.2) is 0 Å². The van der Waals surface area contributed by atoms with Crippen LogP contribution < -0.4 is 16.4 Å². The number of hydrogen-bond acceptors (Lipinski definition) is 4. The maximum Gasteiger partial charge on any atom is 0.255 e. The summed E-state index contributed by atoms with van der Waals surface area (Å²) in [6, 6.07) is 14.2. The quantitative estimate of drug-likeness (QED) is 0.651. The Morgan fingerprint density at radius 2 is 1.41 bits per heavy atom. The Kier molecular flexibility index (Phi) is 11.3. The lowest BCUT2D eigenvalue weighted by Crippen LogP contribution is -2.20. The van der Waals surface area contributed by atoms with Gasteiger partial charge in [-0.1, -0.05) is 12.1 Å². The van der Waals surface area contributed by atoms with Gasteiger partial charge in [0.25, 0.3) is 5.91 Å². The summed E-state index contributed by atoms with van der Waals surface area (Å²) in [5.41, 5.74) is 8.46. The number of rotatable bonds is 7. The third kappa shape index (κ3) is 8.41. The zero-order valence-electron chi connectivity index (χ0n) is 15.4. The van der Waals surface area contributed by atoms with E-state index in [0.717, 1.165) is 5.56 Å². The van der Waals surface area contributed by atoms with Crippen LogP contribution in [0.25, 0.3) is 0 Å². The Hall–Kier alpha value is -2.12. The number of halogens is 2. The van der Waals surface area contributed by atoms with Gasteiger partial charge in [-0.3, -0.25) is 9.59 Å². The van der Waals surface area contributed by atoms with Gasteiger partial charge in [-0.05, 0) is 56.1 Å². The largest absolute Gasteiger partial charge is 0.326 e. The summed E-state index contributed by atoms with van der Waals surface area (Å²) in [5.74, 6) is -0.225. The molecule has 0 aliphatic rings. The van der Waals surface area contributed by atoms with E-state index in [4.69, 9.17) is 5.73 Å². The zero-order chi connectivity index (χ0) is 18.2. The Bertz CT molecular complexity index is 719. The van der Waals surface area contributed by atoms with Crippen molar-refractivity contribution >= 4 is 48.0 Å². The number of benzene rings is 2. The van der Waals surface area contributed by atoms with Crippen molar-refractivity contribution in [2.45, 2.75) is 13.0 Å². The third-order valence-electron chi connectivity index (χ3n) is 3.66. The molecule has 2 rings (SSSR count). The third-order valence-corrected chi connectivity index (χ3v) is 3.66. The van der Waals surface area contributed by atoms with E-state index in [9.17, 15) is 9.59 Å². The van der Waals surface area contributed by atoms with Crippen molar-refractivity contribution in [3.05, 3.63) is 59.7 Å². The average Bonchev–Trinajstić information content (AvgIpc) is 2.61. The molecule has 0 radical (unpaired) electrons. The van der Waals surface area contributed by atoms with Crippen LogP contribution in [0.15, 0.2) is 48.5 Å². The van der Waals surface area contributed by atoms with Crippen LogP contribution in [-0.4, -0.2) is 37.4 Å². The number of nitrogens with zero attached hydrogens (tertiary/aromatic N) is 1. The molecular formula is C19H26Cl2N4O2. The highest BCUT2D eigenvalue weighted by Crippen LogP contribution is 2.15. The van der Waals surface area contributed by atoms with E-state index in [1.807, 2.05) is 31.1 Å². The molecule has 0 unspecified atom stereocenters. The highest BCUT2D eigenvalue weighted by Gasteiger charge is 2.07. The zero-order valence-corrected chi connectivity index (χ0v) is 17.0. The smallest absolute Gasteiger partial charge is 0.255 e. The minimum Gasteiger partial charge on any atom is -0.326 e. The monoisotopic (exact) mass is 412 g/mol. The molecule has 0 saturated carbocycles. The molecule has 0 spiro atoms. The van der Waals surface area contributed by atoms with Crippen LogP contribution >= 0.6 is 24.8 Å². The summed E-state index contributed by atoms with van der Waals surface area (Å²) < 4.78 is 0. The van der Waals surface area contributed by atoms with Gasteiger partial charge < -0.3 is 21.3 Å². The van der Waals surface area contributed by atoms with Gasteiger partial charge in [0.15, 0.2) is 0 Å². The first-order valence-electron chi connectivity index (χ1n) is 8.13. The molecule has 0 fully saturated rings. The van der Waals surface area contributed by atoms with E-state index in [2.05, 4.69) is 10.6 Å². The van der Waals surface area contributed by atoms with Crippen molar-refractivity contribution in [3.8, 4) is 0 Å². The van der Waals surface area contributed by atoms with E-state index >= 15 is 0 Å². The number of nitrogens with one attached hydrogen (secondary N) is 2. The summed E-state index contributed by atoms with van der Waals surface area (Å²) in [6.45, 7) is 1.15. The first-order valence-corrected chi connectivity index (χ1v) is 8.13. The minimum absolute atomic E-state index is 0. The Balaban J connectivity index is 0.00000338. The number of amides is 2. The number of carbonyl (C=O) groups is 2. The van der Waals surface area contributed by atoms with Crippen LogP contribution in [0.3, 0.4) is 0 Å². The van der Waals surface area contributed by atoms with Crippen LogP contribution in [0.2, 0.25) is 0 Å². The fraction of sp³-hybridized carbons (Fsp3) is 0.263. The molecule has 2 amide bonds. The van der Waals surface area contributed by atoms with Crippen LogP contribution in [0.5, 0.6) is 0 Å². The van der Waals surface area contributed by atoms with Gasteiger partial charge in [0.2, 0.25) is 5.91 Å². The van der Waals surface area contributed by atoms with Gasteiger partial charge in [-0.2, -0.15) is 0 Å². The van der Waals surface area contributed by atoms with Crippen molar-refractivity contribution in [3.63, 3.8) is 0 Å². The number of hydrogen-bond donors (Lipinski definition) is 3. The molecule has 0 aliphatic heterocycles. The summed E-state index contributed by atoms with van der Waals surface area (Å²) in [6.07, 6.45) is 0.435. The molecular weight excluding hydrogens is 387 g/mol. The summed E-state index contributed by atoms with van der Waals surface area (Å²) >= 11 is 0. The SMILES string of the molecule is CN(C)CCC(=O)Nc1ccc(NC(=O)c2ccc(CN)cc2)cc1.Cl.Cl. The lowest BCUT2D eigenvalue weighted by molar-refractivity contribution is -0.116. The predicted molar refractivity (Wildman–Crippen MR) is 115 cm³/mol. The van der Waals surface area contributed by atoms with Crippen molar-refractivity contribution in [2.75, 3.05) is 31.3 Å². The van der Waals surface area contributed by atoms with Crippen molar-refractivity contribution in [1.82, 2.24) is 4.90 Å². The van der Waals surface area contributed by atoms with Crippen LogP contribution in [0.4, 0.5) is 11.4 Å². The molecule has 0 heterocycles. The molecule has 4 N–H and O–H groups in total. The van der Waals surface area contributed by atoms with E-state index in [0.29, 0.717) is 36.4 Å². The molecule has 6 nitrogen and oxygen atoms in total. The van der Waals surface area contributed by atoms with Gasteiger partial charge >= 0.3 is 0 Å². The van der Waals surface area contributed by atoms with Crippen molar-refractivity contribution < 1.29 is 9.59 Å². The Labute approximate surface area is 172 Å². The molecule has 0 saturated heterocycles.